The Morgan fingerprint density at radius 1 is 1.08 bits per heavy atom. The number of fused-ring (bicyclic) bond motifs is 10. The quantitative estimate of drug-likeness (QED) is 0.178. The summed E-state index contributed by atoms with van der Waals surface area (Å²) in [6.45, 7) is 4.79. The fraction of sp³-hybridized carbons (Fsp3) is 0.289. The second-order valence-electron chi connectivity index (χ2n) is 12.7. The van der Waals surface area contributed by atoms with E-state index in [9.17, 15) is 9.59 Å². The van der Waals surface area contributed by atoms with E-state index in [-0.39, 0.29) is 46.5 Å². The van der Waals surface area contributed by atoms with Crippen molar-refractivity contribution in [2.45, 2.75) is 64.3 Å². The lowest BCUT2D eigenvalue weighted by molar-refractivity contribution is -0.143. The Hall–Kier alpha value is -5.65. The van der Waals surface area contributed by atoms with Crippen LogP contribution in [0.15, 0.2) is 73.2 Å². The first-order valence-electron chi connectivity index (χ1n) is 16.8. The molecule has 50 heavy (non-hydrogen) atoms. The predicted molar refractivity (Wildman–Crippen MR) is 182 cm³/mol. The third-order valence-corrected chi connectivity index (χ3v) is 9.40. The first kappa shape index (κ1) is 32.9. The molecule has 6 aromatic rings. The van der Waals surface area contributed by atoms with Crippen molar-refractivity contribution >= 4 is 22.7 Å². The lowest BCUT2D eigenvalue weighted by Crippen LogP contribution is -2.24. The summed E-state index contributed by atoms with van der Waals surface area (Å²) in [4.78, 5) is 36.9. The molecular formula is C38H36F2N6O4. The topological polar surface area (TPSA) is 128 Å². The maximum Gasteiger partial charge on any atom is 0.306 e. The van der Waals surface area contributed by atoms with Crippen molar-refractivity contribution in [1.29, 1.82) is 0 Å². The van der Waals surface area contributed by atoms with Gasteiger partial charge in [0.2, 0.25) is 5.78 Å². The van der Waals surface area contributed by atoms with E-state index in [2.05, 4.69) is 44.3 Å². The van der Waals surface area contributed by atoms with E-state index in [0.29, 0.717) is 30.5 Å². The standard InChI is InChI=1S/C38H36F2N6O4/c1-3-49-33(47)13-10-23-8-7-9-24(18-23)38(2)15-5-4-6-17-46-22-31(44-45-46)35(48)34-26-14-16-41-30(26)20-29(40)36(34)50-25-11-12-28(39)27(19-25)37-42-21-32(38)43-37/h7-9,11-12,14,16,18-22,41H,3-6,10,13,15,17H2,1-2H3,(H,42,43). The van der Waals surface area contributed by atoms with Crippen molar-refractivity contribution in [3.8, 4) is 22.9 Å². The van der Waals surface area contributed by atoms with Crippen LogP contribution in [0.2, 0.25) is 0 Å². The molecule has 4 heterocycles. The number of imidazole rings is 1. The summed E-state index contributed by atoms with van der Waals surface area (Å²) in [5, 5.41) is 8.76. The molecule has 1 unspecified atom stereocenters. The number of carbonyl (C=O) groups excluding carboxylic acids is 2. The number of aromatic amines is 2. The van der Waals surface area contributed by atoms with Crippen LogP contribution in [-0.4, -0.2) is 48.3 Å². The van der Waals surface area contributed by atoms with Crippen molar-refractivity contribution in [3.63, 3.8) is 0 Å². The molecule has 0 saturated carbocycles. The van der Waals surface area contributed by atoms with E-state index in [4.69, 9.17) is 9.47 Å². The van der Waals surface area contributed by atoms with E-state index >= 15 is 8.78 Å². The molecule has 12 heteroatoms. The molecule has 0 radical (unpaired) electrons. The highest BCUT2D eigenvalue weighted by Crippen LogP contribution is 2.40. The molecule has 1 atom stereocenters. The van der Waals surface area contributed by atoms with Crippen LogP contribution in [0.1, 0.15) is 78.8 Å². The van der Waals surface area contributed by atoms with Crippen LogP contribution in [0.3, 0.4) is 0 Å². The van der Waals surface area contributed by atoms with E-state index in [1.807, 2.05) is 12.1 Å². The molecule has 3 aromatic heterocycles. The average molecular weight is 679 g/mol. The van der Waals surface area contributed by atoms with Gasteiger partial charge in [-0.25, -0.2) is 13.8 Å². The minimum absolute atomic E-state index is 0.0161. The smallest absolute Gasteiger partial charge is 0.306 e. The molecule has 0 aliphatic carbocycles. The highest BCUT2D eigenvalue weighted by molar-refractivity contribution is 6.17. The summed E-state index contributed by atoms with van der Waals surface area (Å²) in [5.74, 6) is -2.03. The van der Waals surface area contributed by atoms with Crippen molar-refractivity contribution in [1.82, 2.24) is 29.9 Å². The van der Waals surface area contributed by atoms with Gasteiger partial charge in [-0.2, -0.15) is 0 Å². The Morgan fingerprint density at radius 2 is 1.96 bits per heavy atom. The van der Waals surface area contributed by atoms with Crippen LogP contribution in [0.5, 0.6) is 11.5 Å². The zero-order chi connectivity index (χ0) is 34.8. The molecule has 2 N–H and O–H groups in total. The van der Waals surface area contributed by atoms with Crippen molar-refractivity contribution < 1.29 is 27.8 Å². The number of hydrogen-bond acceptors (Lipinski definition) is 7. The summed E-state index contributed by atoms with van der Waals surface area (Å²) in [5.41, 5.74) is 2.85. The molecule has 0 saturated heterocycles. The largest absolute Gasteiger partial charge is 0.466 e. The third-order valence-electron chi connectivity index (χ3n) is 9.40. The molecule has 0 amide bonds. The molecule has 0 fully saturated rings. The second kappa shape index (κ2) is 13.7. The van der Waals surface area contributed by atoms with Crippen molar-refractivity contribution in [2.24, 2.45) is 0 Å². The first-order valence-corrected chi connectivity index (χ1v) is 16.8. The van der Waals surface area contributed by atoms with Crippen LogP contribution < -0.4 is 4.74 Å². The van der Waals surface area contributed by atoms with E-state index in [1.54, 1.807) is 36.3 Å². The van der Waals surface area contributed by atoms with Gasteiger partial charge in [-0.05, 0) is 68.5 Å². The van der Waals surface area contributed by atoms with Gasteiger partial charge in [0.05, 0.1) is 23.9 Å². The van der Waals surface area contributed by atoms with E-state index in [1.165, 1.54) is 24.3 Å². The van der Waals surface area contributed by atoms with Gasteiger partial charge >= 0.3 is 5.97 Å². The van der Waals surface area contributed by atoms with Gasteiger partial charge in [0.15, 0.2) is 17.3 Å². The second-order valence-corrected chi connectivity index (χ2v) is 12.7. The lowest BCUT2D eigenvalue weighted by atomic mass is 9.75. The number of nitrogens with one attached hydrogen (secondary N) is 2. The zero-order valence-corrected chi connectivity index (χ0v) is 27.8. The van der Waals surface area contributed by atoms with E-state index in [0.717, 1.165) is 42.5 Å². The normalized spacial score (nSPS) is 16.6. The average Bonchev–Trinajstić information content (AvgIpc) is 3.90. The molecule has 256 valence electrons. The SMILES string of the molecule is CCOC(=O)CCc1cccc(C2(C)CCCCCn3cc(nn3)C(=O)c3c(c(F)cc4[nH]ccc34)Oc3ccc(F)c(c3)-c3ncc2[nH]3)c1. The number of aryl methyl sites for hydroxylation is 2. The summed E-state index contributed by atoms with van der Waals surface area (Å²) >= 11 is 0. The highest BCUT2D eigenvalue weighted by Gasteiger charge is 2.32. The number of ether oxygens (including phenoxy) is 2. The van der Waals surface area contributed by atoms with Gasteiger partial charge in [-0.15, -0.1) is 5.10 Å². The third kappa shape index (κ3) is 6.40. The number of carbonyl (C=O) groups is 2. The molecule has 1 aliphatic heterocycles. The molecule has 3 aromatic carbocycles. The van der Waals surface area contributed by atoms with Gasteiger partial charge < -0.3 is 19.4 Å². The summed E-state index contributed by atoms with van der Waals surface area (Å²) < 4.78 is 44.0. The minimum atomic E-state index is -0.770. The number of esters is 1. The van der Waals surface area contributed by atoms with Crippen molar-refractivity contribution in [2.75, 3.05) is 6.61 Å². The number of nitrogens with zero attached hydrogens (tertiary/aromatic N) is 4. The van der Waals surface area contributed by atoms with Gasteiger partial charge in [0, 0.05) is 53.4 Å². The van der Waals surface area contributed by atoms with E-state index < -0.39 is 22.8 Å². The maximum absolute atomic E-state index is 15.7. The monoisotopic (exact) mass is 678 g/mol. The number of rotatable bonds is 5. The Bertz CT molecular complexity index is 2200. The Balaban J connectivity index is 1.30. The molecule has 10 nitrogen and oxygen atoms in total. The number of aromatic nitrogens is 6. The molecule has 0 spiro atoms. The van der Waals surface area contributed by atoms with Gasteiger partial charge in [-0.3, -0.25) is 14.3 Å². The van der Waals surface area contributed by atoms with Gasteiger partial charge in [-0.1, -0.05) is 42.3 Å². The van der Waals surface area contributed by atoms with Gasteiger partial charge in [0.25, 0.3) is 0 Å². The Morgan fingerprint density at radius 3 is 2.82 bits per heavy atom. The summed E-state index contributed by atoms with van der Waals surface area (Å²) in [6, 6.07) is 15.1. The number of H-pyrrole nitrogens is 2. The molecule has 7 rings (SSSR count). The van der Waals surface area contributed by atoms with Crippen LogP contribution in [0, 0.1) is 11.6 Å². The molecular weight excluding hydrogens is 642 g/mol. The predicted octanol–water partition coefficient (Wildman–Crippen LogP) is 7.83. The Kier molecular flexibility index (Phi) is 9.00. The fourth-order valence-electron chi connectivity index (χ4n) is 6.64. The first-order chi connectivity index (χ1) is 24.2. The molecule has 6 bridgehead atoms. The summed E-state index contributed by atoms with van der Waals surface area (Å²) in [6.07, 6.45) is 8.92. The van der Waals surface area contributed by atoms with Crippen LogP contribution in [0.4, 0.5) is 8.78 Å². The number of benzene rings is 3. The zero-order valence-electron chi connectivity index (χ0n) is 27.8. The van der Waals surface area contributed by atoms with Gasteiger partial charge in [0.1, 0.15) is 17.4 Å². The highest BCUT2D eigenvalue weighted by atomic mass is 19.1. The number of halogens is 2. The maximum atomic E-state index is 15.7. The summed E-state index contributed by atoms with van der Waals surface area (Å²) in [7, 11) is 0. The number of hydrogen-bond donors (Lipinski definition) is 2. The molecule has 1 aliphatic rings. The minimum Gasteiger partial charge on any atom is -0.466 e. The lowest BCUT2D eigenvalue weighted by Gasteiger charge is -2.30. The number of ketones is 1. The fourth-order valence-corrected chi connectivity index (χ4v) is 6.64. The van der Waals surface area contributed by atoms with Crippen LogP contribution >= 0.6 is 0 Å². The Labute approximate surface area is 286 Å². The van der Waals surface area contributed by atoms with Crippen LogP contribution in [0.25, 0.3) is 22.3 Å². The van der Waals surface area contributed by atoms with Crippen molar-refractivity contribution in [3.05, 3.63) is 113 Å². The van der Waals surface area contributed by atoms with Crippen LogP contribution in [-0.2, 0) is 27.9 Å².